The van der Waals surface area contributed by atoms with Crippen molar-refractivity contribution >= 4 is 28.5 Å². The van der Waals surface area contributed by atoms with Gasteiger partial charge in [-0.2, -0.15) is 0 Å². The normalized spacial score (nSPS) is 10.8. The number of hydrogen-bond acceptors (Lipinski definition) is 2. The maximum Gasteiger partial charge on any atom is 0.337 e. The molecule has 0 saturated carbocycles. The van der Waals surface area contributed by atoms with Crippen LogP contribution in [-0.4, -0.2) is 21.6 Å². The molecule has 0 spiro atoms. The van der Waals surface area contributed by atoms with Crippen LogP contribution in [0.3, 0.4) is 0 Å². The van der Waals surface area contributed by atoms with Gasteiger partial charge in [-0.05, 0) is 35.9 Å². The number of carboxylic acid groups (broad SMARTS) is 1. The molecule has 0 aliphatic rings. The summed E-state index contributed by atoms with van der Waals surface area (Å²) in [4.78, 5) is 24.3. The number of nitrogens with one attached hydrogen (secondary N) is 1. The fourth-order valence-corrected chi connectivity index (χ4v) is 3.36. The first-order valence-corrected chi connectivity index (χ1v) is 8.99. The highest BCUT2D eigenvalue weighted by Crippen LogP contribution is 2.24. The van der Waals surface area contributed by atoms with E-state index in [1.54, 1.807) is 30.5 Å². The summed E-state index contributed by atoms with van der Waals surface area (Å²) >= 11 is 0. The molecular formula is C23H17FN2O3. The lowest BCUT2D eigenvalue weighted by atomic mass is 10.1. The van der Waals surface area contributed by atoms with Crippen LogP contribution in [0.15, 0.2) is 79.0 Å². The van der Waals surface area contributed by atoms with E-state index < -0.39 is 11.9 Å². The van der Waals surface area contributed by atoms with E-state index in [4.69, 9.17) is 0 Å². The number of nitrogens with zero attached hydrogens (tertiary/aromatic N) is 1. The Hall–Kier alpha value is -3.93. The highest BCUT2D eigenvalue weighted by molar-refractivity contribution is 6.14. The second-order valence-corrected chi connectivity index (χ2v) is 6.62. The highest BCUT2D eigenvalue weighted by Gasteiger charge is 2.18. The van der Waals surface area contributed by atoms with Crippen molar-refractivity contribution in [3.8, 4) is 0 Å². The summed E-state index contributed by atoms with van der Waals surface area (Å²) in [7, 11) is 0. The maximum atomic E-state index is 13.5. The molecule has 4 rings (SSSR count). The van der Waals surface area contributed by atoms with Gasteiger partial charge in [-0.15, -0.1) is 0 Å². The van der Waals surface area contributed by atoms with E-state index in [1.165, 1.54) is 18.2 Å². The Bertz CT molecular complexity index is 1230. The first kappa shape index (κ1) is 18.4. The minimum Gasteiger partial charge on any atom is -0.478 e. The molecule has 0 saturated heterocycles. The summed E-state index contributed by atoms with van der Waals surface area (Å²) in [6.07, 6.45) is 1.70. The first-order valence-electron chi connectivity index (χ1n) is 8.99. The minimum atomic E-state index is -1.12. The number of carboxylic acids is 1. The topological polar surface area (TPSA) is 71.3 Å². The van der Waals surface area contributed by atoms with Gasteiger partial charge in [0.25, 0.3) is 5.91 Å². The Morgan fingerprint density at radius 3 is 2.48 bits per heavy atom. The molecule has 5 nitrogen and oxygen atoms in total. The van der Waals surface area contributed by atoms with E-state index in [2.05, 4.69) is 5.32 Å². The van der Waals surface area contributed by atoms with Gasteiger partial charge in [0.1, 0.15) is 5.82 Å². The molecule has 0 bridgehead atoms. The Balaban J connectivity index is 1.71. The summed E-state index contributed by atoms with van der Waals surface area (Å²) in [5.41, 5.74) is 2.26. The van der Waals surface area contributed by atoms with E-state index in [9.17, 15) is 19.1 Å². The van der Waals surface area contributed by atoms with Crippen molar-refractivity contribution in [2.24, 2.45) is 0 Å². The standard InChI is InChI=1S/C23H17FN2O3/c24-16-7-5-6-15(12-16)13-26-14-19(17-8-2-4-11-21(17)26)22(27)25-20-10-3-1-9-18(20)23(28)29/h1-12,14H,13H2,(H,25,27)(H,28,29). The van der Waals surface area contributed by atoms with Gasteiger partial charge in [0.15, 0.2) is 0 Å². The van der Waals surface area contributed by atoms with Crippen LogP contribution in [0.2, 0.25) is 0 Å². The number of benzene rings is 3. The number of anilines is 1. The van der Waals surface area contributed by atoms with Crippen molar-refractivity contribution in [2.45, 2.75) is 6.54 Å². The molecule has 3 aromatic carbocycles. The molecule has 4 aromatic rings. The van der Waals surface area contributed by atoms with Gasteiger partial charge in [0.2, 0.25) is 0 Å². The summed E-state index contributed by atoms with van der Waals surface area (Å²) in [6.45, 7) is 0.400. The van der Waals surface area contributed by atoms with Crippen LogP contribution in [0.4, 0.5) is 10.1 Å². The molecule has 2 N–H and O–H groups in total. The number of carbonyl (C=O) groups excluding carboxylic acids is 1. The van der Waals surface area contributed by atoms with Gasteiger partial charge in [-0.1, -0.05) is 42.5 Å². The number of aromatic carboxylic acids is 1. The SMILES string of the molecule is O=C(O)c1ccccc1NC(=O)c1cn(Cc2cccc(F)c2)c2ccccc12. The average molecular weight is 388 g/mol. The molecule has 0 atom stereocenters. The number of rotatable bonds is 5. The monoisotopic (exact) mass is 388 g/mol. The van der Waals surface area contributed by atoms with Crippen LogP contribution >= 0.6 is 0 Å². The Kier molecular flexibility index (Phi) is 4.83. The van der Waals surface area contributed by atoms with Gasteiger partial charge < -0.3 is 15.0 Å². The number of carbonyl (C=O) groups is 2. The molecule has 0 unspecified atom stereocenters. The van der Waals surface area contributed by atoms with Crippen molar-refractivity contribution in [1.29, 1.82) is 0 Å². The predicted octanol–water partition coefficient (Wildman–Crippen LogP) is 4.78. The predicted molar refractivity (Wildman–Crippen MR) is 109 cm³/mol. The van der Waals surface area contributed by atoms with Gasteiger partial charge >= 0.3 is 5.97 Å². The zero-order chi connectivity index (χ0) is 20.4. The lowest BCUT2D eigenvalue weighted by Crippen LogP contribution is -2.14. The molecule has 1 heterocycles. The van der Waals surface area contributed by atoms with Crippen LogP contribution in [0.1, 0.15) is 26.3 Å². The molecule has 1 aromatic heterocycles. The molecule has 29 heavy (non-hydrogen) atoms. The summed E-state index contributed by atoms with van der Waals surface area (Å²) in [5, 5.41) is 12.7. The summed E-state index contributed by atoms with van der Waals surface area (Å²) in [5.74, 6) is -1.84. The van der Waals surface area contributed by atoms with Crippen LogP contribution in [-0.2, 0) is 6.54 Å². The van der Waals surface area contributed by atoms with E-state index in [0.717, 1.165) is 16.5 Å². The van der Waals surface area contributed by atoms with E-state index in [-0.39, 0.29) is 17.1 Å². The van der Waals surface area contributed by atoms with Crippen molar-refractivity contribution in [3.63, 3.8) is 0 Å². The number of fused-ring (bicyclic) bond motifs is 1. The molecule has 6 heteroatoms. The second kappa shape index (κ2) is 7.59. The molecule has 1 amide bonds. The zero-order valence-corrected chi connectivity index (χ0v) is 15.3. The fraction of sp³-hybridized carbons (Fsp3) is 0.0435. The van der Waals surface area contributed by atoms with Crippen molar-refractivity contribution < 1.29 is 19.1 Å². The second-order valence-electron chi connectivity index (χ2n) is 6.62. The third-order valence-electron chi connectivity index (χ3n) is 4.68. The van der Waals surface area contributed by atoms with E-state index >= 15 is 0 Å². The van der Waals surface area contributed by atoms with Gasteiger partial charge in [-0.3, -0.25) is 4.79 Å². The van der Waals surface area contributed by atoms with Crippen LogP contribution in [0, 0.1) is 5.82 Å². The van der Waals surface area contributed by atoms with Crippen LogP contribution in [0.25, 0.3) is 10.9 Å². The fourth-order valence-electron chi connectivity index (χ4n) is 3.36. The maximum absolute atomic E-state index is 13.5. The smallest absolute Gasteiger partial charge is 0.337 e. The summed E-state index contributed by atoms with van der Waals surface area (Å²) < 4.78 is 15.4. The third-order valence-corrected chi connectivity index (χ3v) is 4.68. The Morgan fingerprint density at radius 1 is 0.931 bits per heavy atom. The number of hydrogen-bond donors (Lipinski definition) is 2. The van der Waals surface area contributed by atoms with Gasteiger partial charge in [0, 0.05) is 23.6 Å². The lowest BCUT2D eigenvalue weighted by Gasteiger charge is -2.07. The summed E-state index contributed by atoms with van der Waals surface area (Å²) in [6, 6.07) is 20.0. The van der Waals surface area contributed by atoms with Crippen molar-refractivity contribution in [3.05, 3.63) is 102 Å². The lowest BCUT2D eigenvalue weighted by molar-refractivity contribution is 0.0698. The molecule has 0 aliphatic carbocycles. The number of amides is 1. The average Bonchev–Trinajstić information content (AvgIpc) is 3.07. The molecule has 0 fully saturated rings. The zero-order valence-electron chi connectivity index (χ0n) is 15.3. The van der Waals surface area contributed by atoms with E-state index in [1.807, 2.05) is 34.9 Å². The highest BCUT2D eigenvalue weighted by atomic mass is 19.1. The van der Waals surface area contributed by atoms with Crippen molar-refractivity contribution in [2.75, 3.05) is 5.32 Å². The molecule has 144 valence electrons. The number of halogens is 1. The first-order chi connectivity index (χ1) is 14.0. The van der Waals surface area contributed by atoms with Crippen molar-refractivity contribution in [1.82, 2.24) is 4.57 Å². The van der Waals surface area contributed by atoms with Crippen LogP contribution < -0.4 is 5.32 Å². The molecular weight excluding hydrogens is 371 g/mol. The Labute approximate surface area is 166 Å². The third kappa shape index (κ3) is 3.73. The van der Waals surface area contributed by atoms with Gasteiger partial charge in [-0.25, -0.2) is 9.18 Å². The van der Waals surface area contributed by atoms with E-state index in [0.29, 0.717) is 12.1 Å². The van der Waals surface area contributed by atoms with Crippen LogP contribution in [0.5, 0.6) is 0 Å². The number of aromatic nitrogens is 1. The minimum absolute atomic E-state index is 0.0179. The molecule has 0 aliphatic heterocycles. The largest absolute Gasteiger partial charge is 0.478 e. The van der Waals surface area contributed by atoms with Gasteiger partial charge in [0.05, 0.1) is 16.8 Å². The quantitative estimate of drug-likeness (QED) is 0.517. The molecule has 0 radical (unpaired) electrons. The number of para-hydroxylation sites is 2. The Morgan fingerprint density at radius 2 is 1.69 bits per heavy atom.